The predicted octanol–water partition coefficient (Wildman–Crippen LogP) is 4.51. The van der Waals surface area contributed by atoms with Gasteiger partial charge in [-0.05, 0) is 61.6 Å². The zero-order chi connectivity index (χ0) is 26.0. The maximum absolute atomic E-state index is 13.8. The number of carbonyl (C=O) groups is 1. The number of benzene rings is 2. The molecule has 0 saturated carbocycles. The van der Waals surface area contributed by atoms with E-state index in [4.69, 9.17) is 18.9 Å². The molecular weight excluding hydrogens is 448 g/mol. The number of hydrogen-bond acceptors (Lipinski definition) is 7. The molecule has 190 valence electrons. The van der Waals surface area contributed by atoms with Crippen LogP contribution >= 0.6 is 0 Å². The van der Waals surface area contributed by atoms with Crippen molar-refractivity contribution in [2.24, 2.45) is 16.5 Å². The van der Waals surface area contributed by atoms with Gasteiger partial charge < -0.3 is 24.2 Å². The first-order valence-corrected chi connectivity index (χ1v) is 11.6. The second-order valence-corrected chi connectivity index (χ2v) is 9.48. The Bertz CT molecular complexity index is 1110. The molecular formula is C27H36N2O6. The number of ether oxygens (including phenoxy) is 4. The Labute approximate surface area is 207 Å². The topological polar surface area (TPSA) is 89.8 Å². The van der Waals surface area contributed by atoms with E-state index in [0.717, 1.165) is 11.1 Å². The quantitative estimate of drug-likeness (QED) is 0.416. The number of nitrogens with zero attached hydrogens (tertiary/aromatic N) is 2. The SMILES string of the molecule is COc1ccc(CCN2C(=O)C(C)(C)C(c3ccc(OC)c(OC)c3)(C(C)C)/C2=N/O)cc1OC. The Hall–Kier alpha value is -3.42. The van der Waals surface area contributed by atoms with Gasteiger partial charge in [-0.1, -0.05) is 31.1 Å². The van der Waals surface area contributed by atoms with Crippen LogP contribution in [0.25, 0.3) is 0 Å². The van der Waals surface area contributed by atoms with E-state index in [1.165, 1.54) is 0 Å². The lowest BCUT2D eigenvalue weighted by molar-refractivity contribution is -0.135. The van der Waals surface area contributed by atoms with Crippen LogP contribution < -0.4 is 18.9 Å². The molecule has 0 bridgehead atoms. The highest BCUT2D eigenvalue weighted by Gasteiger charge is 2.65. The minimum absolute atomic E-state index is 0.0727. The van der Waals surface area contributed by atoms with Crippen molar-refractivity contribution < 1.29 is 28.9 Å². The first-order valence-electron chi connectivity index (χ1n) is 11.6. The first-order chi connectivity index (χ1) is 16.6. The summed E-state index contributed by atoms with van der Waals surface area (Å²) >= 11 is 0. The zero-order valence-corrected chi connectivity index (χ0v) is 21.8. The third-order valence-electron chi connectivity index (χ3n) is 7.25. The maximum Gasteiger partial charge on any atom is 0.235 e. The predicted molar refractivity (Wildman–Crippen MR) is 134 cm³/mol. The van der Waals surface area contributed by atoms with Crippen LogP contribution in [-0.2, 0) is 16.6 Å². The van der Waals surface area contributed by atoms with Crippen LogP contribution in [0.1, 0.15) is 38.8 Å². The fourth-order valence-electron chi connectivity index (χ4n) is 5.60. The largest absolute Gasteiger partial charge is 0.493 e. The molecule has 1 aliphatic rings. The number of methoxy groups -OCH3 is 4. The normalized spacial score (nSPS) is 20.4. The van der Waals surface area contributed by atoms with Crippen LogP contribution in [0.5, 0.6) is 23.0 Å². The van der Waals surface area contributed by atoms with Gasteiger partial charge in [0.2, 0.25) is 5.91 Å². The van der Waals surface area contributed by atoms with E-state index in [0.29, 0.717) is 41.8 Å². The Morgan fingerprint density at radius 3 is 1.94 bits per heavy atom. The minimum atomic E-state index is -0.893. The molecule has 1 N–H and O–H groups in total. The lowest BCUT2D eigenvalue weighted by atomic mass is 9.57. The maximum atomic E-state index is 13.8. The van der Waals surface area contributed by atoms with E-state index in [1.54, 1.807) is 33.3 Å². The fraction of sp³-hybridized carbons (Fsp3) is 0.481. The third-order valence-corrected chi connectivity index (χ3v) is 7.25. The smallest absolute Gasteiger partial charge is 0.235 e. The molecule has 1 aliphatic heterocycles. The van der Waals surface area contributed by atoms with Gasteiger partial charge in [0.15, 0.2) is 28.8 Å². The van der Waals surface area contributed by atoms with Crippen molar-refractivity contribution in [2.75, 3.05) is 35.0 Å². The Morgan fingerprint density at radius 2 is 1.43 bits per heavy atom. The van der Waals surface area contributed by atoms with Gasteiger partial charge in [0.25, 0.3) is 0 Å². The average Bonchev–Trinajstić information content (AvgIpc) is 3.04. The highest BCUT2D eigenvalue weighted by atomic mass is 16.5. The highest BCUT2D eigenvalue weighted by Crippen LogP contribution is 2.55. The van der Waals surface area contributed by atoms with Crippen molar-refractivity contribution in [3.05, 3.63) is 47.5 Å². The first kappa shape index (κ1) is 26.2. The summed E-state index contributed by atoms with van der Waals surface area (Å²) in [4.78, 5) is 15.5. The van der Waals surface area contributed by atoms with E-state index in [-0.39, 0.29) is 11.8 Å². The van der Waals surface area contributed by atoms with Crippen LogP contribution in [0.15, 0.2) is 41.6 Å². The minimum Gasteiger partial charge on any atom is -0.493 e. The van der Waals surface area contributed by atoms with Gasteiger partial charge in [0.1, 0.15) is 0 Å². The standard InChI is InChI=1S/C27H36N2O6/c1-17(2)27(19-10-12-21(33-6)23(16-19)35-8)24(28-31)29(25(30)26(27,3)4)14-13-18-9-11-20(32-5)22(15-18)34-7/h9-12,15-17,31H,13-14H2,1-8H3/b28-24-. The molecule has 3 rings (SSSR count). The van der Waals surface area contributed by atoms with Gasteiger partial charge in [-0.15, -0.1) is 0 Å². The van der Waals surface area contributed by atoms with E-state index in [9.17, 15) is 10.0 Å². The number of amides is 1. The van der Waals surface area contributed by atoms with Crippen molar-refractivity contribution in [1.82, 2.24) is 4.90 Å². The van der Waals surface area contributed by atoms with E-state index in [1.807, 2.05) is 64.1 Å². The zero-order valence-electron chi connectivity index (χ0n) is 21.8. The van der Waals surface area contributed by atoms with E-state index < -0.39 is 10.8 Å². The number of hydrogen-bond donors (Lipinski definition) is 1. The number of carbonyl (C=O) groups excluding carboxylic acids is 1. The van der Waals surface area contributed by atoms with Gasteiger partial charge in [0.05, 0.1) is 39.3 Å². The molecule has 35 heavy (non-hydrogen) atoms. The second kappa shape index (κ2) is 10.1. The molecule has 1 fully saturated rings. The molecule has 1 unspecified atom stereocenters. The van der Waals surface area contributed by atoms with Gasteiger partial charge >= 0.3 is 0 Å². The number of amidine groups is 1. The molecule has 1 heterocycles. The van der Waals surface area contributed by atoms with Gasteiger partial charge in [0, 0.05) is 6.54 Å². The number of likely N-dealkylation sites (tertiary alicyclic amines) is 1. The lowest BCUT2D eigenvalue weighted by Gasteiger charge is -2.42. The average molecular weight is 485 g/mol. The molecule has 0 aromatic heterocycles. The summed E-state index contributed by atoms with van der Waals surface area (Å²) in [6.45, 7) is 8.24. The number of oxime groups is 1. The van der Waals surface area contributed by atoms with Crippen LogP contribution in [0.4, 0.5) is 0 Å². The summed E-state index contributed by atoms with van der Waals surface area (Å²) < 4.78 is 21.7. The molecule has 1 amide bonds. The highest BCUT2D eigenvalue weighted by molar-refractivity contribution is 6.15. The Morgan fingerprint density at radius 1 is 0.886 bits per heavy atom. The number of rotatable bonds is 9. The molecule has 8 nitrogen and oxygen atoms in total. The summed E-state index contributed by atoms with van der Waals surface area (Å²) in [5.74, 6) is 2.55. The van der Waals surface area contributed by atoms with Crippen LogP contribution in [-0.4, -0.2) is 56.8 Å². The Kier molecular flexibility index (Phi) is 7.53. The van der Waals surface area contributed by atoms with Crippen molar-refractivity contribution in [3.8, 4) is 23.0 Å². The van der Waals surface area contributed by atoms with E-state index in [2.05, 4.69) is 5.16 Å². The summed E-state index contributed by atoms with van der Waals surface area (Å²) in [6, 6.07) is 11.3. The molecule has 0 spiro atoms. The van der Waals surface area contributed by atoms with Crippen molar-refractivity contribution in [2.45, 2.75) is 39.5 Å². The summed E-state index contributed by atoms with van der Waals surface area (Å²) in [5.41, 5.74) is 0.0132. The van der Waals surface area contributed by atoms with Gasteiger partial charge in [-0.3, -0.25) is 9.69 Å². The monoisotopic (exact) mass is 484 g/mol. The van der Waals surface area contributed by atoms with Crippen molar-refractivity contribution in [1.29, 1.82) is 0 Å². The van der Waals surface area contributed by atoms with Crippen LogP contribution in [0.2, 0.25) is 0 Å². The van der Waals surface area contributed by atoms with Crippen LogP contribution in [0.3, 0.4) is 0 Å². The Balaban J connectivity index is 2.07. The molecule has 1 saturated heterocycles. The van der Waals surface area contributed by atoms with Gasteiger partial charge in [-0.2, -0.15) is 0 Å². The lowest BCUT2D eigenvalue weighted by Crippen LogP contribution is -2.49. The molecule has 0 aliphatic carbocycles. The van der Waals surface area contributed by atoms with Gasteiger partial charge in [-0.25, -0.2) is 0 Å². The summed E-state index contributed by atoms with van der Waals surface area (Å²) in [6.07, 6.45) is 0.543. The van der Waals surface area contributed by atoms with Crippen molar-refractivity contribution in [3.63, 3.8) is 0 Å². The molecule has 2 aromatic rings. The van der Waals surface area contributed by atoms with Crippen LogP contribution in [0, 0.1) is 11.3 Å². The molecule has 1 atom stereocenters. The summed E-state index contributed by atoms with van der Waals surface area (Å²) in [7, 11) is 6.33. The third kappa shape index (κ3) is 4.05. The molecule has 8 heteroatoms. The fourth-order valence-corrected chi connectivity index (χ4v) is 5.60. The summed E-state index contributed by atoms with van der Waals surface area (Å²) in [5, 5.41) is 14.1. The molecule has 0 radical (unpaired) electrons. The second-order valence-electron chi connectivity index (χ2n) is 9.48. The van der Waals surface area contributed by atoms with Crippen molar-refractivity contribution >= 4 is 11.7 Å². The molecule has 2 aromatic carbocycles. The van der Waals surface area contributed by atoms with E-state index >= 15 is 0 Å².